The van der Waals surface area contributed by atoms with Crippen LogP contribution in [0.2, 0.25) is 0 Å². The molecular formula is C17H18BrN3O. The highest BCUT2D eigenvalue weighted by molar-refractivity contribution is 9.10. The molecule has 0 saturated heterocycles. The van der Waals surface area contributed by atoms with Gasteiger partial charge in [-0.25, -0.2) is 4.68 Å². The summed E-state index contributed by atoms with van der Waals surface area (Å²) in [7, 11) is 0. The Kier molecular flexibility index (Phi) is 4.73. The van der Waals surface area contributed by atoms with Crippen molar-refractivity contribution in [2.45, 2.75) is 31.7 Å². The Bertz CT molecular complexity index is 687. The molecule has 5 heteroatoms. The van der Waals surface area contributed by atoms with E-state index < -0.39 is 0 Å². The lowest BCUT2D eigenvalue weighted by Gasteiger charge is -2.13. The van der Waals surface area contributed by atoms with Gasteiger partial charge in [0, 0.05) is 16.6 Å². The molecule has 1 aliphatic carbocycles. The third-order valence-electron chi connectivity index (χ3n) is 3.91. The Balaban J connectivity index is 1.67. The lowest BCUT2D eigenvalue weighted by atomic mass is 10.2. The SMILES string of the molecule is O=C(/C=C/c1ccccc1Br)Nc1ccnn1C1CCCC1. The average Bonchev–Trinajstić information content (AvgIpc) is 3.17. The second kappa shape index (κ2) is 6.92. The fraction of sp³-hybridized carbons (Fsp3) is 0.294. The summed E-state index contributed by atoms with van der Waals surface area (Å²) in [5, 5.41) is 7.27. The van der Waals surface area contributed by atoms with Crippen LogP contribution in [0.4, 0.5) is 5.82 Å². The van der Waals surface area contributed by atoms with Crippen LogP contribution in [-0.4, -0.2) is 15.7 Å². The number of carbonyl (C=O) groups excluding carboxylic acids is 1. The molecule has 0 spiro atoms. The van der Waals surface area contributed by atoms with Gasteiger partial charge in [-0.05, 0) is 30.5 Å². The lowest BCUT2D eigenvalue weighted by molar-refractivity contribution is -0.111. The van der Waals surface area contributed by atoms with Gasteiger partial charge < -0.3 is 5.32 Å². The van der Waals surface area contributed by atoms with Crippen molar-refractivity contribution in [2.75, 3.05) is 5.32 Å². The summed E-state index contributed by atoms with van der Waals surface area (Å²) in [5.41, 5.74) is 0.974. The maximum absolute atomic E-state index is 12.1. The molecule has 0 radical (unpaired) electrons. The van der Waals surface area contributed by atoms with Crippen molar-refractivity contribution in [1.82, 2.24) is 9.78 Å². The van der Waals surface area contributed by atoms with Gasteiger partial charge in [0.2, 0.25) is 5.91 Å². The number of halogens is 1. The fourth-order valence-corrected chi connectivity index (χ4v) is 3.21. The van der Waals surface area contributed by atoms with E-state index in [2.05, 4.69) is 26.3 Å². The van der Waals surface area contributed by atoms with E-state index in [1.807, 2.05) is 35.0 Å². The van der Waals surface area contributed by atoms with Crippen molar-refractivity contribution in [3.05, 3.63) is 52.6 Å². The van der Waals surface area contributed by atoms with Crippen LogP contribution in [0.25, 0.3) is 6.08 Å². The number of aromatic nitrogens is 2. The van der Waals surface area contributed by atoms with Gasteiger partial charge in [-0.2, -0.15) is 5.10 Å². The number of anilines is 1. The highest BCUT2D eigenvalue weighted by Gasteiger charge is 2.20. The second-order valence-corrected chi connectivity index (χ2v) is 6.30. The lowest BCUT2D eigenvalue weighted by Crippen LogP contribution is -2.15. The molecule has 0 aliphatic heterocycles. The van der Waals surface area contributed by atoms with Crippen molar-refractivity contribution >= 4 is 33.7 Å². The van der Waals surface area contributed by atoms with E-state index in [4.69, 9.17) is 0 Å². The summed E-state index contributed by atoms with van der Waals surface area (Å²) < 4.78 is 2.91. The highest BCUT2D eigenvalue weighted by Crippen LogP contribution is 2.31. The Morgan fingerprint density at radius 3 is 2.82 bits per heavy atom. The molecule has 0 bridgehead atoms. The average molecular weight is 360 g/mol. The molecular weight excluding hydrogens is 342 g/mol. The van der Waals surface area contributed by atoms with Crippen molar-refractivity contribution in [3.8, 4) is 0 Å². The maximum Gasteiger partial charge on any atom is 0.249 e. The Hall–Kier alpha value is -1.88. The van der Waals surface area contributed by atoms with E-state index in [1.165, 1.54) is 12.8 Å². The Labute approximate surface area is 138 Å². The minimum atomic E-state index is -0.143. The van der Waals surface area contributed by atoms with E-state index in [9.17, 15) is 4.79 Å². The summed E-state index contributed by atoms with van der Waals surface area (Å²) >= 11 is 3.47. The van der Waals surface area contributed by atoms with Gasteiger partial charge >= 0.3 is 0 Å². The molecule has 0 atom stereocenters. The van der Waals surface area contributed by atoms with Crippen LogP contribution >= 0.6 is 15.9 Å². The zero-order valence-electron chi connectivity index (χ0n) is 12.2. The number of carbonyl (C=O) groups is 1. The standard InChI is InChI=1S/C17H18BrN3O/c18-15-8-4-1-5-13(15)9-10-17(22)20-16-11-12-19-21(16)14-6-2-3-7-14/h1,4-5,8-12,14H,2-3,6-7H2,(H,20,22)/b10-9+. The van der Waals surface area contributed by atoms with Crippen LogP contribution in [0.15, 0.2) is 47.1 Å². The van der Waals surface area contributed by atoms with Gasteiger partial charge in [-0.3, -0.25) is 4.79 Å². The van der Waals surface area contributed by atoms with Crippen molar-refractivity contribution < 1.29 is 4.79 Å². The number of hydrogen-bond acceptors (Lipinski definition) is 2. The molecule has 1 saturated carbocycles. The first-order chi connectivity index (χ1) is 10.7. The van der Waals surface area contributed by atoms with Gasteiger partial charge in [0.15, 0.2) is 0 Å². The molecule has 0 unspecified atom stereocenters. The molecule has 4 nitrogen and oxygen atoms in total. The first kappa shape index (κ1) is 15.0. The molecule has 1 aromatic heterocycles. The number of amides is 1. The molecule has 1 amide bonds. The highest BCUT2D eigenvalue weighted by atomic mass is 79.9. The summed E-state index contributed by atoms with van der Waals surface area (Å²) in [6, 6.07) is 10.1. The minimum Gasteiger partial charge on any atom is -0.307 e. The molecule has 22 heavy (non-hydrogen) atoms. The van der Waals surface area contributed by atoms with Crippen LogP contribution in [0.3, 0.4) is 0 Å². The Morgan fingerprint density at radius 2 is 2.05 bits per heavy atom. The van der Waals surface area contributed by atoms with Crippen molar-refractivity contribution in [1.29, 1.82) is 0 Å². The largest absolute Gasteiger partial charge is 0.307 e. The number of nitrogens with zero attached hydrogens (tertiary/aromatic N) is 2. The quantitative estimate of drug-likeness (QED) is 0.821. The van der Waals surface area contributed by atoms with Crippen LogP contribution < -0.4 is 5.32 Å². The van der Waals surface area contributed by atoms with E-state index >= 15 is 0 Å². The zero-order valence-corrected chi connectivity index (χ0v) is 13.8. The van der Waals surface area contributed by atoms with Gasteiger partial charge in [-0.15, -0.1) is 0 Å². The molecule has 1 aliphatic rings. The van der Waals surface area contributed by atoms with Gasteiger partial charge in [0.1, 0.15) is 5.82 Å². The minimum absolute atomic E-state index is 0.143. The molecule has 1 N–H and O–H groups in total. The fourth-order valence-electron chi connectivity index (χ4n) is 2.80. The number of benzene rings is 1. The smallest absolute Gasteiger partial charge is 0.249 e. The van der Waals surface area contributed by atoms with E-state index in [-0.39, 0.29) is 5.91 Å². The molecule has 114 valence electrons. The van der Waals surface area contributed by atoms with Gasteiger partial charge in [-0.1, -0.05) is 47.0 Å². The van der Waals surface area contributed by atoms with Crippen LogP contribution in [-0.2, 0) is 4.79 Å². The molecule has 1 heterocycles. The monoisotopic (exact) mass is 359 g/mol. The molecule has 3 rings (SSSR count). The Morgan fingerprint density at radius 1 is 1.27 bits per heavy atom. The van der Waals surface area contributed by atoms with E-state index in [1.54, 1.807) is 18.3 Å². The second-order valence-electron chi connectivity index (χ2n) is 5.44. The third-order valence-corrected chi connectivity index (χ3v) is 4.63. The number of hydrogen-bond donors (Lipinski definition) is 1. The maximum atomic E-state index is 12.1. The van der Waals surface area contributed by atoms with E-state index in [0.717, 1.165) is 28.7 Å². The third kappa shape index (κ3) is 3.47. The molecule has 2 aromatic rings. The van der Waals surface area contributed by atoms with Crippen LogP contribution in [0.5, 0.6) is 0 Å². The van der Waals surface area contributed by atoms with Crippen molar-refractivity contribution in [3.63, 3.8) is 0 Å². The molecule has 1 aromatic carbocycles. The van der Waals surface area contributed by atoms with Crippen molar-refractivity contribution in [2.24, 2.45) is 0 Å². The van der Waals surface area contributed by atoms with Crippen LogP contribution in [0, 0.1) is 0 Å². The van der Waals surface area contributed by atoms with Crippen LogP contribution in [0.1, 0.15) is 37.3 Å². The van der Waals surface area contributed by atoms with E-state index in [0.29, 0.717) is 6.04 Å². The van der Waals surface area contributed by atoms with Gasteiger partial charge in [0.05, 0.1) is 12.2 Å². The summed E-state index contributed by atoms with van der Waals surface area (Å²) in [6.45, 7) is 0. The van der Waals surface area contributed by atoms with Gasteiger partial charge in [0.25, 0.3) is 0 Å². The first-order valence-electron chi connectivity index (χ1n) is 7.51. The number of nitrogens with one attached hydrogen (secondary N) is 1. The normalized spacial score (nSPS) is 15.5. The molecule has 1 fully saturated rings. The predicted molar refractivity (Wildman–Crippen MR) is 91.5 cm³/mol. The summed E-state index contributed by atoms with van der Waals surface area (Å²) in [4.78, 5) is 12.1. The first-order valence-corrected chi connectivity index (χ1v) is 8.30. The number of rotatable bonds is 4. The topological polar surface area (TPSA) is 46.9 Å². The summed E-state index contributed by atoms with van der Waals surface area (Å²) in [6.07, 6.45) is 9.83. The zero-order chi connectivity index (χ0) is 15.4. The predicted octanol–water partition coefficient (Wildman–Crippen LogP) is 4.41. The summed E-state index contributed by atoms with van der Waals surface area (Å²) in [5.74, 6) is 0.629.